The zero-order valence-corrected chi connectivity index (χ0v) is 11.9. The maximum atomic E-state index is 12.2. The largest absolute Gasteiger partial charge is 0.334 e. The molecule has 88 valence electrons. The van der Waals surface area contributed by atoms with Crippen LogP contribution in [0.1, 0.15) is 29.6 Å². The van der Waals surface area contributed by atoms with Crippen LogP contribution in [0.5, 0.6) is 0 Å². The van der Waals surface area contributed by atoms with Gasteiger partial charge in [0.25, 0.3) is 5.91 Å². The summed E-state index contributed by atoms with van der Waals surface area (Å²) < 4.78 is 0.996. The van der Waals surface area contributed by atoms with E-state index >= 15 is 0 Å². The van der Waals surface area contributed by atoms with Crippen molar-refractivity contribution in [1.82, 2.24) is 4.90 Å². The highest BCUT2D eigenvalue weighted by molar-refractivity contribution is 9.11. The van der Waals surface area contributed by atoms with Gasteiger partial charge in [-0.3, -0.25) is 4.79 Å². The summed E-state index contributed by atoms with van der Waals surface area (Å²) in [7, 11) is 0. The van der Waals surface area contributed by atoms with E-state index in [4.69, 9.17) is 11.6 Å². The lowest BCUT2D eigenvalue weighted by atomic mass is 9.91. The first-order chi connectivity index (χ1) is 7.72. The molecule has 1 amide bonds. The van der Waals surface area contributed by atoms with Crippen LogP contribution in [0.4, 0.5) is 0 Å². The fourth-order valence-corrected chi connectivity index (χ4v) is 3.14. The first-order valence-corrected chi connectivity index (χ1v) is 7.54. The fraction of sp³-hybridized carbons (Fsp3) is 0.545. The molecule has 16 heavy (non-hydrogen) atoms. The number of carbonyl (C=O) groups excluding carboxylic acids is 1. The summed E-state index contributed by atoms with van der Waals surface area (Å²) in [4.78, 5) is 14.2. The Kier molecular flexibility index (Phi) is 4.27. The molecule has 0 spiro atoms. The van der Waals surface area contributed by atoms with E-state index in [0.29, 0.717) is 18.5 Å². The number of alkyl halides is 1. The molecule has 2 nitrogen and oxygen atoms in total. The van der Waals surface area contributed by atoms with E-state index in [0.717, 1.165) is 22.2 Å². The van der Waals surface area contributed by atoms with E-state index in [1.54, 1.807) is 11.3 Å². The van der Waals surface area contributed by atoms with Crippen LogP contribution in [0.15, 0.2) is 15.2 Å². The van der Waals surface area contributed by atoms with Crippen LogP contribution < -0.4 is 0 Å². The number of carbonyl (C=O) groups is 1. The molecule has 1 heterocycles. The van der Waals surface area contributed by atoms with Gasteiger partial charge < -0.3 is 4.90 Å². The number of rotatable bonds is 4. The van der Waals surface area contributed by atoms with E-state index in [2.05, 4.69) is 15.9 Å². The zero-order chi connectivity index (χ0) is 11.5. The Morgan fingerprint density at radius 2 is 2.38 bits per heavy atom. The van der Waals surface area contributed by atoms with Gasteiger partial charge in [0.1, 0.15) is 0 Å². The summed E-state index contributed by atoms with van der Waals surface area (Å²) in [5.74, 6) is 0.625. The first kappa shape index (κ1) is 12.4. The molecule has 0 atom stereocenters. The highest BCUT2D eigenvalue weighted by Crippen LogP contribution is 2.28. The van der Waals surface area contributed by atoms with Crippen molar-refractivity contribution in [2.24, 2.45) is 0 Å². The molecule has 0 saturated heterocycles. The van der Waals surface area contributed by atoms with Gasteiger partial charge in [-0.2, -0.15) is 0 Å². The van der Waals surface area contributed by atoms with Crippen LogP contribution in [-0.4, -0.2) is 29.3 Å². The van der Waals surface area contributed by atoms with Gasteiger partial charge >= 0.3 is 0 Å². The van der Waals surface area contributed by atoms with Crippen molar-refractivity contribution < 1.29 is 4.79 Å². The van der Waals surface area contributed by atoms with Gasteiger partial charge in [-0.1, -0.05) is 0 Å². The number of halogens is 2. The molecule has 1 aliphatic carbocycles. The summed E-state index contributed by atoms with van der Waals surface area (Å²) in [6.45, 7) is 0.651. The molecule has 0 radical (unpaired) electrons. The van der Waals surface area contributed by atoms with E-state index in [-0.39, 0.29) is 5.91 Å². The van der Waals surface area contributed by atoms with Gasteiger partial charge in [-0.05, 0) is 41.3 Å². The van der Waals surface area contributed by atoms with Gasteiger partial charge in [-0.15, -0.1) is 22.9 Å². The third kappa shape index (κ3) is 2.60. The standard InChI is InChI=1S/C11H13BrClNOS/c12-10-6-8(7-16-10)11(15)14(5-4-13)9-2-1-3-9/h6-7,9H,1-5H2. The van der Waals surface area contributed by atoms with Crippen molar-refractivity contribution in [1.29, 1.82) is 0 Å². The minimum absolute atomic E-state index is 0.118. The molecule has 0 unspecified atom stereocenters. The van der Waals surface area contributed by atoms with Crippen molar-refractivity contribution in [3.63, 3.8) is 0 Å². The van der Waals surface area contributed by atoms with Crippen molar-refractivity contribution in [3.05, 3.63) is 20.8 Å². The van der Waals surface area contributed by atoms with Crippen LogP contribution in [0.25, 0.3) is 0 Å². The average Bonchev–Trinajstić information content (AvgIpc) is 2.60. The van der Waals surface area contributed by atoms with E-state index in [9.17, 15) is 4.79 Å². The van der Waals surface area contributed by atoms with E-state index in [1.807, 2.05) is 16.3 Å². The molecule has 1 aromatic rings. The smallest absolute Gasteiger partial charge is 0.255 e. The van der Waals surface area contributed by atoms with Crippen LogP contribution in [0, 0.1) is 0 Å². The summed E-state index contributed by atoms with van der Waals surface area (Å²) in [5, 5.41) is 1.90. The van der Waals surface area contributed by atoms with Gasteiger partial charge in [-0.25, -0.2) is 0 Å². The second kappa shape index (κ2) is 5.52. The van der Waals surface area contributed by atoms with Crippen LogP contribution >= 0.6 is 38.9 Å². The van der Waals surface area contributed by atoms with Gasteiger partial charge in [0.2, 0.25) is 0 Å². The molecule has 1 aromatic heterocycles. The van der Waals surface area contributed by atoms with Crippen LogP contribution in [0.3, 0.4) is 0 Å². The summed E-state index contributed by atoms with van der Waals surface area (Å²) in [6.07, 6.45) is 3.46. The van der Waals surface area contributed by atoms with Crippen molar-refractivity contribution in [2.45, 2.75) is 25.3 Å². The monoisotopic (exact) mass is 321 g/mol. The van der Waals surface area contributed by atoms with Crippen molar-refractivity contribution in [2.75, 3.05) is 12.4 Å². The summed E-state index contributed by atoms with van der Waals surface area (Å²) >= 11 is 10.7. The molecule has 5 heteroatoms. The number of nitrogens with zero attached hydrogens (tertiary/aromatic N) is 1. The van der Waals surface area contributed by atoms with Gasteiger partial charge in [0.15, 0.2) is 0 Å². The van der Waals surface area contributed by atoms with Crippen LogP contribution in [-0.2, 0) is 0 Å². The molecule has 0 aliphatic heterocycles. The molecule has 0 bridgehead atoms. The molecule has 2 rings (SSSR count). The lowest BCUT2D eigenvalue weighted by Gasteiger charge is -2.37. The van der Waals surface area contributed by atoms with Crippen LogP contribution in [0.2, 0.25) is 0 Å². The second-order valence-electron chi connectivity index (χ2n) is 3.91. The topological polar surface area (TPSA) is 20.3 Å². The Hall–Kier alpha value is -0.0600. The Morgan fingerprint density at radius 1 is 1.62 bits per heavy atom. The normalized spacial score (nSPS) is 15.9. The maximum Gasteiger partial charge on any atom is 0.255 e. The Bertz CT molecular complexity index is 378. The summed E-state index contributed by atoms with van der Waals surface area (Å²) in [6, 6.07) is 2.29. The minimum Gasteiger partial charge on any atom is -0.334 e. The predicted octanol–water partition coefficient (Wildman–Crippen LogP) is 3.74. The molecule has 0 aromatic carbocycles. The van der Waals surface area contributed by atoms with E-state index < -0.39 is 0 Å². The molecule has 1 aliphatic rings. The number of hydrogen-bond donors (Lipinski definition) is 0. The maximum absolute atomic E-state index is 12.2. The highest BCUT2D eigenvalue weighted by Gasteiger charge is 2.29. The number of hydrogen-bond acceptors (Lipinski definition) is 2. The first-order valence-electron chi connectivity index (χ1n) is 5.33. The minimum atomic E-state index is 0.118. The zero-order valence-electron chi connectivity index (χ0n) is 8.79. The lowest BCUT2D eigenvalue weighted by Crippen LogP contribution is -2.45. The molecule has 0 N–H and O–H groups in total. The van der Waals surface area contributed by atoms with Crippen molar-refractivity contribution >= 4 is 44.8 Å². The molecular formula is C11H13BrClNOS. The van der Waals surface area contributed by atoms with Gasteiger partial charge in [0, 0.05) is 23.8 Å². The Morgan fingerprint density at radius 3 is 2.81 bits per heavy atom. The quantitative estimate of drug-likeness (QED) is 0.773. The third-order valence-electron chi connectivity index (χ3n) is 2.92. The fourth-order valence-electron chi connectivity index (χ4n) is 1.83. The Balaban J connectivity index is 2.09. The van der Waals surface area contributed by atoms with E-state index in [1.165, 1.54) is 6.42 Å². The third-order valence-corrected chi connectivity index (χ3v) is 4.59. The predicted molar refractivity (Wildman–Crippen MR) is 71.4 cm³/mol. The Labute approximate surface area is 113 Å². The second-order valence-corrected chi connectivity index (χ2v) is 6.58. The van der Waals surface area contributed by atoms with Crippen molar-refractivity contribution in [3.8, 4) is 0 Å². The number of amides is 1. The number of thiophene rings is 1. The molecule has 1 saturated carbocycles. The van der Waals surface area contributed by atoms with Gasteiger partial charge in [0.05, 0.1) is 9.35 Å². The SMILES string of the molecule is O=C(c1csc(Br)c1)N(CCCl)C1CCC1. The average molecular weight is 323 g/mol. The highest BCUT2D eigenvalue weighted by atomic mass is 79.9. The molecular weight excluding hydrogens is 310 g/mol. The molecule has 1 fully saturated rings. The lowest BCUT2D eigenvalue weighted by molar-refractivity contribution is 0.0598. The summed E-state index contributed by atoms with van der Waals surface area (Å²) in [5.41, 5.74) is 0.772.